The van der Waals surface area contributed by atoms with E-state index in [1.54, 1.807) is 0 Å². The van der Waals surface area contributed by atoms with E-state index in [1.165, 1.54) is 244 Å². The second-order valence-corrected chi connectivity index (χ2v) is 24.3. The lowest BCUT2D eigenvalue weighted by Gasteiger charge is -2.15. The summed E-state index contributed by atoms with van der Waals surface area (Å²) < 4.78 is 10.8. The van der Waals surface area contributed by atoms with Gasteiger partial charge >= 0.3 is 11.9 Å². The number of hydrogen-bond donors (Lipinski definition) is 1. The number of allylic oxidation sites excluding steroid dienone is 18. The maximum absolute atomic E-state index is 12.4. The van der Waals surface area contributed by atoms with E-state index in [4.69, 9.17) is 9.47 Å². The van der Waals surface area contributed by atoms with Gasteiger partial charge in [0.25, 0.3) is 0 Å². The molecule has 0 bridgehead atoms. The minimum absolute atomic E-state index is 0.0661. The quantitative estimate of drug-likeness (QED) is 0.0373. The molecule has 1 atom stereocenters. The van der Waals surface area contributed by atoms with Gasteiger partial charge in [-0.3, -0.25) is 9.59 Å². The molecule has 0 aromatic carbocycles. The molecule has 84 heavy (non-hydrogen) atoms. The first-order valence-corrected chi connectivity index (χ1v) is 36.4. The average Bonchev–Trinajstić information content (AvgIpc) is 3.51. The first-order valence-electron chi connectivity index (χ1n) is 36.4. The third-order valence-electron chi connectivity index (χ3n) is 16.1. The number of carbonyl (C=O) groups excluding carboxylic acids is 2. The highest BCUT2D eigenvalue weighted by Gasteiger charge is 2.16. The van der Waals surface area contributed by atoms with E-state index in [-0.39, 0.29) is 25.2 Å². The molecule has 484 valence electrons. The van der Waals surface area contributed by atoms with Crippen LogP contribution in [0.3, 0.4) is 0 Å². The summed E-state index contributed by atoms with van der Waals surface area (Å²) in [5, 5.41) is 9.71. The SMILES string of the molecule is CC/C=C\C/C=C\C/C=C\C/C=C\C/C=C\C/C=C\CCCCCCCCCCCCCCCCC(=O)OC(CO)COC(=O)CCCCCCCCCCCCCCCCCCCCCCCC/C=C\C/C=C\C/C=C\CCCCCCC. The van der Waals surface area contributed by atoms with Crippen LogP contribution < -0.4 is 0 Å². The van der Waals surface area contributed by atoms with Crippen molar-refractivity contribution < 1.29 is 24.2 Å². The fraction of sp³-hybridized carbons (Fsp3) is 0.747. The van der Waals surface area contributed by atoms with Gasteiger partial charge in [0.15, 0.2) is 6.10 Å². The van der Waals surface area contributed by atoms with Crippen molar-refractivity contribution in [3.05, 3.63) is 109 Å². The zero-order valence-corrected chi connectivity index (χ0v) is 55.6. The van der Waals surface area contributed by atoms with Gasteiger partial charge in [-0.15, -0.1) is 0 Å². The molecule has 1 unspecified atom stereocenters. The highest BCUT2D eigenvalue weighted by molar-refractivity contribution is 5.70. The molecule has 0 saturated heterocycles. The number of aliphatic hydroxyl groups excluding tert-OH is 1. The Kier molecular flexibility index (Phi) is 70.8. The van der Waals surface area contributed by atoms with Gasteiger partial charge in [-0.1, -0.05) is 354 Å². The summed E-state index contributed by atoms with van der Waals surface area (Å²) in [5.74, 6) is -0.579. The van der Waals surface area contributed by atoms with E-state index in [0.717, 1.165) is 89.9 Å². The molecule has 0 saturated carbocycles. The summed E-state index contributed by atoms with van der Waals surface area (Å²) in [6.45, 7) is 4.05. The number of rotatable bonds is 67. The Labute approximate surface area is 522 Å². The van der Waals surface area contributed by atoms with Gasteiger partial charge in [-0.05, 0) is 103 Å². The molecular weight excluding hydrogens is 1030 g/mol. The van der Waals surface area contributed by atoms with E-state index >= 15 is 0 Å². The Morgan fingerprint density at radius 3 is 0.774 bits per heavy atom. The highest BCUT2D eigenvalue weighted by atomic mass is 16.6. The number of aliphatic hydroxyl groups is 1. The van der Waals surface area contributed by atoms with Crippen LogP contribution in [0.2, 0.25) is 0 Å². The molecule has 0 spiro atoms. The zero-order valence-electron chi connectivity index (χ0n) is 55.6. The minimum Gasteiger partial charge on any atom is -0.462 e. The summed E-state index contributed by atoms with van der Waals surface area (Å²) in [6.07, 6.45) is 107. The van der Waals surface area contributed by atoms with Gasteiger partial charge in [-0.25, -0.2) is 0 Å². The first-order chi connectivity index (χ1) is 41.6. The van der Waals surface area contributed by atoms with Crippen LogP contribution in [-0.4, -0.2) is 36.4 Å². The van der Waals surface area contributed by atoms with E-state index in [2.05, 4.69) is 123 Å². The maximum atomic E-state index is 12.4. The predicted molar refractivity (Wildman–Crippen MR) is 371 cm³/mol. The van der Waals surface area contributed by atoms with Crippen molar-refractivity contribution >= 4 is 11.9 Å². The van der Waals surface area contributed by atoms with Crippen molar-refractivity contribution in [1.29, 1.82) is 0 Å². The van der Waals surface area contributed by atoms with Crippen molar-refractivity contribution in [2.24, 2.45) is 0 Å². The highest BCUT2D eigenvalue weighted by Crippen LogP contribution is 2.18. The monoisotopic (exact) mass is 1170 g/mol. The van der Waals surface area contributed by atoms with E-state index in [9.17, 15) is 14.7 Å². The minimum atomic E-state index is -0.778. The third-order valence-corrected chi connectivity index (χ3v) is 16.1. The Morgan fingerprint density at radius 1 is 0.286 bits per heavy atom. The molecule has 5 heteroatoms. The van der Waals surface area contributed by atoms with Gasteiger partial charge < -0.3 is 14.6 Å². The number of carbonyl (C=O) groups is 2. The fourth-order valence-corrected chi connectivity index (χ4v) is 10.6. The molecule has 0 aromatic rings. The lowest BCUT2D eigenvalue weighted by Crippen LogP contribution is -2.28. The third kappa shape index (κ3) is 71.0. The smallest absolute Gasteiger partial charge is 0.306 e. The second kappa shape index (κ2) is 73.8. The standard InChI is InChI=1S/C79H138O5/c1-3-5-7-9-11-13-15-17-19-21-23-25-27-29-31-33-35-37-38-39-40-42-43-45-47-49-51-53-55-57-59-61-63-65-67-69-71-73-78(81)83-76-77(75-80)84-79(82)74-72-70-68-66-64-62-60-58-56-54-52-50-48-46-44-41-36-34-32-30-28-26-24-22-20-18-16-14-12-10-8-6-4-2/h6,8,12,14-15,17-18,20-21,23-24,26-27,29-30,32,36,41,77,80H,3-5,7,9-11,13,16,19,22,25,28,31,33-35,37-40,42-76H2,1-2H3/b8-6-,14-12-,17-15-,20-18-,23-21-,26-24-,29-27-,32-30-,41-36-. The summed E-state index contributed by atoms with van der Waals surface area (Å²) in [4.78, 5) is 24.7. The van der Waals surface area contributed by atoms with Crippen molar-refractivity contribution in [2.45, 2.75) is 367 Å². The van der Waals surface area contributed by atoms with Gasteiger partial charge in [0.05, 0.1) is 6.61 Å². The maximum Gasteiger partial charge on any atom is 0.306 e. The molecule has 0 aliphatic heterocycles. The van der Waals surface area contributed by atoms with Gasteiger partial charge in [0, 0.05) is 12.8 Å². The fourth-order valence-electron chi connectivity index (χ4n) is 10.6. The summed E-state index contributed by atoms with van der Waals surface area (Å²) >= 11 is 0. The first kappa shape index (κ1) is 80.6. The molecule has 0 rings (SSSR count). The molecule has 1 N–H and O–H groups in total. The van der Waals surface area contributed by atoms with Gasteiger partial charge in [0.2, 0.25) is 0 Å². The largest absolute Gasteiger partial charge is 0.462 e. The summed E-state index contributed by atoms with van der Waals surface area (Å²) in [7, 11) is 0. The number of hydrogen-bond acceptors (Lipinski definition) is 5. The van der Waals surface area contributed by atoms with Crippen LogP contribution in [0.4, 0.5) is 0 Å². The lowest BCUT2D eigenvalue weighted by molar-refractivity contribution is -0.161. The van der Waals surface area contributed by atoms with Gasteiger partial charge in [0.1, 0.15) is 6.61 Å². The molecular formula is C79H138O5. The van der Waals surface area contributed by atoms with E-state index < -0.39 is 6.10 Å². The second-order valence-electron chi connectivity index (χ2n) is 24.3. The van der Waals surface area contributed by atoms with Crippen LogP contribution in [0.5, 0.6) is 0 Å². The Morgan fingerprint density at radius 2 is 0.512 bits per heavy atom. The van der Waals surface area contributed by atoms with Crippen molar-refractivity contribution in [3.63, 3.8) is 0 Å². The van der Waals surface area contributed by atoms with Crippen molar-refractivity contribution in [2.75, 3.05) is 13.2 Å². The van der Waals surface area contributed by atoms with Crippen LogP contribution in [0.25, 0.3) is 0 Å². The number of unbranched alkanes of at least 4 members (excludes halogenated alkanes) is 41. The lowest BCUT2D eigenvalue weighted by atomic mass is 10.0. The van der Waals surface area contributed by atoms with Crippen LogP contribution in [0.1, 0.15) is 361 Å². The van der Waals surface area contributed by atoms with Crippen LogP contribution in [0.15, 0.2) is 109 Å². The predicted octanol–water partition coefficient (Wildman–Crippen LogP) is 25.5. The molecule has 0 fully saturated rings. The molecule has 0 amide bonds. The number of ether oxygens (including phenoxy) is 2. The molecule has 0 heterocycles. The zero-order chi connectivity index (χ0) is 60.5. The Balaban J connectivity index is 3.44. The number of esters is 2. The topological polar surface area (TPSA) is 72.8 Å². The molecule has 0 radical (unpaired) electrons. The van der Waals surface area contributed by atoms with E-state index in [0.29, 0.717) is 12.8 Å². The molecule has 5 nitrogen and oxygen atoms in total. The summed E-state index contributed by atoms with van der Waals surface area (Å²) in [6, 6.07) is 0. The van der Waals surface area contributed by atoms with Gasteiger partial charge in [-0.2, -0.15) is 0 Å². The average molecular weight is 1170 g/mol. The van der Waals surface area contributed by atoms with Crippen molar-refractivity contribution in [1.82, 2.24) is 0 Å². The van der Waals surface area contributed by atoms with Crippen LogP contribution in [0, 0.1) is 0 Å². The van der Waals surface area contributed by atoms with Crippen LogP contribution in [-0.2, 0) is 19.1 Å². The Bertz CT molecular complexity index is 1610. The van der Waals surface area contributed by atoms with Crippen molar-refractivity contribution in [3.8, 4) is 0 Å². The van der Waals surface area contributed by atoms with Crippen LogP contribution >= 0.6 is 0 Å². The summed E-state index contributed by atoms with van der Waals surface area (Å²) in [5.41, 5.74) is 0. The normalized spacial score (nSPS) is 12.8. The molecule has 0 aromatic heterocycles. The Hall–Kier alpha value is -3.44. The van der Waals surface area contributed by atoms with E-state index in [1.807, 2.05) is 0 Å². The molecule has 0 aliphatic carbocycles. The molecule has 0 aliphatic rings.